The van der Waals surface area contributed by atoms with Gasteiger partial charge in [0.15, 0.2) is 0 Å². The molecule has 0 saturated carbocycles. The standard InChI is InChI=1S/C24H23BrO4/c1-23(2,25)22(28)29-21-14-8-18(9-15-21)24(3,16-4-10-19(26)11-5-16)17-6-12-20(27)13-7-17/h4-15,26-27H,1-3H3. The highest BCUT2D eigenvalue weighted by atomic mass is 79.9. The van der Waals surface area contributed by atoms with E-state index in [0.717, 1.165) is 16.7 Å². The lowest BCUT2D eigenvalue weighted by molar-refractivity contribution is -0.136. The predicted molar refractivity (Wildman–Crippen MR) is 117 cm³/mol. The number of halogens is 1. The first-order chi connectivity index (χ1) is 13.6. The van der Waals surface area contributed by atoms with Crippen LogP contribution in [0.2, 0.25) is 0 Å². The first kappa shape index (κ1) is 20.9. The van der Waals surface area contributed by atoms with Crippen LogP contribution in [-0.4, -0.2) is 20.5 Å². The maximum atomic E-state index is 12.1. The molecule has 0 atom stereocenters. The predicted octanol–water partition coefficient (Wildman–Crippen LogP) is 5.53. The van der Waals surface area contributed by atoms with Crippen LogP contribution >= 0.6 is 15.9 Å². The van der Waals surface area contributed by atoms with Gasteiger partial charge in [-0.15, -0.1) is 0 Å². The van der Waals surface area contributed by atoms with Gasteiger partial charge in [-0.05, 0) is 73.9 Å². The molecule has 4 nitrogen and oxygen atoms in total. The molecule has 0 fully saturated rings. The summed E-state index contributed by atoms with van der Waals surface area (Å²) in [6.45, 7) is 5.54. The zero-order valence-corrected chi connectivity index (χ0v) is 18.1. The van der Waals surface area contributed by atoms with Gasteiger partial charge in [0.1, 0.15) is 21.6 Å². The van der Waals surface area contributed by atoms with E-state index in [2.05, 4.69) is 22.9 Å². The molecule has 0 aromatic heterocycles. The van der Waals surface area contributed by atoms with Crippen LogP contribution in [0.1, 0.15) is 37.5 Å². The van der Waals surface area contributed by atoms with Crippen LogP contribution in [0.3, 0.4) is 0 Å². The Kier molecular flexibility index (Phi) is 5.71. The number of benzene rings is 3. The summed E-state index contributed by atoms with van der Waals surface area (Å²) < 4.78 is 4.67. The van der Waals surface area contributed by atoms with Crippen molar-refractivity contribution in [2.45, 2.75) is 30.5 Å². The van der Waals surface area contributed by atoms with Crippen LogP contribution in [0.25, 0.3) is 0 Å². The van der Waals surface area contributed by atoms with E-state index >= 15 is 0 Å². The van der Waals surface area contributed by atoms with Crippen LogP contribution in [0.4, 0.5) is 0 Å². The molecule has 0 amide bonds. The number of aromatic hydroxyl groups is 2. The van der Waals surface area contributed by atoms with Crippen LogP contribution in [0.15, 0.2) is 72.8 Å². The van der Waals surface area contributed by atoms with E-state index in [9.17, 15) is 15.0 Å². The van der Waals surface area contributed by atoms with Crippen molar-refractivity contribution in [1.82, 2.24) is 0 Å². The van der Waals surface area contributed by atoms with Gasteiger partial charge in [-0.2, -0.15) is 0 Å². The van der Waals surface area contributed by atoms with Gasteiger partial charge in [0.2, 0.25) is 0 Å². The first-order valence-electron chi connectivity index (χ1n) is 9.21. The summed E-state index contributed by atoms with van der Waals surface area (Å²) in [7, 11) is 0. The normalized spacial score (nSPS) is 11.9. The number of hydrogen-bond acceptors (Lipinski definition) is 4. The fourth-order valence-electron chi connectivity index (χ4n) is 3.17. The van der Waals surface area contributed by atoms with E-state index in [4.69, 9.17) is 4.74 Å². The maximum Gasteiger partial charge on any atom is 0.327 e. The minimum absolute atomic E-state index is 0.196. The molecule has 0 aliphatic carbocycles. The molecule has 5 heteroatoms. The van der Waals surface area contributed by atoms with E-state index in [1.807, 2.05) is 36.4 Å². The molecule has 0 unspecified atom stereocenters. The molecule has 29 heavy (non-hydrogen) atoms. The second-order valence-corrected chi connectivity index (χ2v) is 9.59. The number of phenols is 2. The summed E-state index contributed by atoms with van der Waals surface area (Å²) in [6, 6.07) is 21.5. The summed E-state index contributed by atoms with van der Waals surface area (Å²) >= 11 is 3.31. The zero-order chi connectivity index (χ0) is 21.2. The van der Waals surface area contributed by atoms with E-state index in [0.29, 0.717) is 5.75 Å². The highest BCUT2D eigenvalue weighted by Gasteiger charge is 2.32. The highest BCUT2D eigenvalue weighted by molar-refractivity contribution is 9.10. The molecule has 3 aromatic carbocycles. The molecule has 150 valence electrons. The molecule has 3 aromatic rings. The Bertz CT molecular complexity index is 940. The fraction of sp³-hybridized carbons (Fsp3) is 0.208. The van der Waals surface area contributed by atoms with Gasteiger partial charge < -0.3 is 14.9 Å². The van der Waals surface area contributed by atoms with Gasteiger partial charge in [-0.3, -0.25) is 4.79 Å². The molecule has 0 aliphatic rings. The number of phenolic OH excluding ortho intramolecular Hbond substituents is 2. The number of ether oxygens (including phenoxy) is 1. The van der Waals surface area contributed by atoms with Gasteiger partial charge in [-0.25, -0.2) is 0 Å². The Morgan fingerprint density at radius 3 is 1.41 bits per heavy atom. The average Bonchev–Trinajstić information content (AvgIpc) is 2.68. The molecule has 0 bridgehead atoms. The lowest BCUT2D eigenvalue weighted by Gasteiger charge is -2.32. The number of carbonyl (C=O) groups excluding carboxylic acids is 1. The van der Waals surface area contributed by atoms with Gasteiger partial charge in [0.05, 0.1) is 0 Å². The lowest BCUT2D eigenvalue weighted by atomic mass is 9.71. The third-order valence-corrected chi connectivity index (χ3v) is 5.34. The Labute approximate surface area is 178 Å². The van der Waals surface area contributed by atoms with Crippen molar-refractivity contribution in [3.8, 4) is 17.2 Å². The van der Waals surface area contributed by atoms with E-state index in [1.165, 1.54) is 0 Å². The summed E-state index contributed by atoms with van der Waals surface area (Å²) in [6.07, 6.45) is 0. The number of carbonyl (C=O) groups is 1. The van der Waals surface area contributed by atoms with Crippen LogP contribution in [0.5, 0.6) is 17.2 Å². The number of hydrogen-bond donors (Lipinski definition) is 2. The molecule has 0 spiro atoms. The summed E-state index contributed by atoms with van der Waals surface area (Å²) in [5.74, 6) is 0.484. The zero-order valence-electron chi connectivity index (χ0n) is 16.5. The summed E-state index contributed by atoms with van der Waals surface area (Å²) in [5, 5.41) is 19.4. The second kappa shape index (κ2) is 7.91. The lowest BCUT2D eigenvalue weighted by Crippen LogP contribution is -2.29. The van der Waals surface area contributed by atoms with E-state index in [-0.39, 0.29) is 17.5 Å². The van der Waals surface area contributed by atoms with Crippen molar-refractivity contribution in [3.63, 3.8) is 0 Å². The fourth-order valence-corrected chi connectivity index (χ4v) is 3.26. The topological polar surface area (TPSA) is 66.8 Å². The molecule has 0 heterocycles. The van der Waals surface area contributed by atoms with Crippen molar-refractivity contribution >= 4 is 21.9 Å². The molecule has 0 radical (unpaired) electrons. The van der Waals surface area contributed by atoms with Crippen LogP contribution in [-0.2, 0) is 10.2 Å². The molecule has 2 N–H and O–H groups in total. The quantitative estimate of drug-likeness (QED) is 0.230. The first-order valence-corrected chi connectivity index (χ1v) is 10.0. The van der Waals surface area contributed by atoms with Gasteiger partial charge in [-0.1, -0.05) is 52.3 Å². The average molecular weight is 455 g/mol. The van der Waals surface area contributed by atoms with Crippen LogP contribution in [0, 0.1) is 0 Å². The van der Waals surface area contributed by atoms with Gasteiger partial charge in [0.25, 0.3) is 0 Å². The molecule has 3 rings (SSSR count). The molecule has 0 aliphatic heterocycles. The van der Waals surface area contributed by atoms with Crippen LogP contribution < -0.4 is 4.74 Å². The van der Waals surface area contributed by atoms with Gasteiger partial charge >= 0.3 is 5.97 Å². The SMILES string of the molecule is CC(C)(Br)C(=O)Oc1ccc(C(C)(c2ccc(O)cc2)c2ccc(O)cc2)cc1. The minimum Gasteiger partial charge on any atom is -0.508 e. The second-order valence-electron chi connectivity index (χ2n) is 7.61. The van der Waals surface area contributed by atoms with E-state index in [1.54, 1.807) is 50.2 Å². The molecular weight excluding hydrogens is 432 g/mol. The number of rotatable bonds is 5. The Hall–Kier alpha value is -2.79. The monoisotopic (exact) mass is 454 g/mol. The minimum atomic E-state index is -0.766. The smallest absolute Gasteiger partial charge is 0.327 e. The van der Waals surface area contributed by atoms with Gasteiger partial charge in [0, 0.05) is 5.41 Å². The third-order valence-electron chi connectivity index (χ3n) is 5.02. The van der Waals surface area contributed by atoms with E-state index < -0.39 is 9.74 Å². The maximum absolute atomic E-state index is 12.1. The third kappa shape index (κ3) is 4.46. The van der Waals surface area contributed by atoms with Crippen molar-refractivity contribution in [2.75, 3.05) is 0 Å². The summed E-state index contributed by atoms with van der Waals surface area (Å²) in [5.41, 5.74) is 2.39. The molecular formula is C24H23BrO4. The van der Waals surface area contributed by atoms with Crippen molar-refractivity contribution < 1.29 is 19.7 Å². The number of esters is 1. The van der Waals surface area contributed by atoms with Crippen molar-refractivity contribution in [2.24, 2.45) is 0 Å². The Morgan fingerprint density at radius 1 is 0.724 bits per heavy atom. The Balaban J connectivity index is 2.04. The highest BCUT2D eigenvalue weighted by Crippen LogP contribution is 2.40. The Morgan fingerprint density at radius 2 is 1.07 bits per heavy atom. The summed E-state index contributed by atoms with van der Waals surface area (Å²) in [4.78, 5) is 12.1. The van der Waals surface area contributed by atoms with Crippen molar-refractivity contribution in [1.29, 1.82) is 0 Å². The number of alkyl halides is 1. The largest absolute Gasteiger partial charge is 0.508 e. The van der Waals surface area contributed by atoms with Crippen molar-refractivity contribution in [3.05, 3.63) is 89.5 Å². The molecule has 0 saturated heterocycles.